The van der Waals surface area contributed by atoms with Gasteiger partial charge in [0.1, 0.15) is 4.90 Å². The SMILES string of the molecule is CCCN(CC)CCNS(=O)(=O)c1cc(CNC)sc1Br. The first-order chi connectivity index (χ1) is 9.94. The molecule has 1 rings (SSSR count). The molecule has 0 unspecified atom stereocenters. The number of hydrogen-bond acceptors (Lipinski definition) is 5. The largest absolute Gasteiger partial charge is 0.315 e. The van der Waals surface area contributed by atoms with Crippen molar-refractivity contribution < 1.29 is 8.42 Å². The van der Waals surface area contributed by atoms with Crippen LogP contribution in [0.25, 0.3) is 0 Å². The van der Waals surface area contributed by atoms with Crippen LogP contribution in [0.5, 0.6) is 0 Å². The number of rotatable bonds is 10. The zero-order valence-electron chi connectivity index (χ0n) is 12.8. The molecule has 8 heteroatoms. The topological polar surface area (TPSA) is 61.4 Å². The first-order valence-corrected chi connectivity index (χ1v) is 10.2. The van der Waals surface area contributed by atoms with Gasteiger partial charge >= 0.3 is 0 Å². The summed E-state index contributed by atoms with van der Waals surface area (Å²) in [6.45, 7) is 7.96. The molecule has 21 heavy (non-hydrogen) atoms. The van der Waals surface area contributed by atoms with Gasteiger partial charge in [-0.3, -0.25) is 0 Å². The van der Waals surface area contributed by atoms with E-state index in [9.17, 15) is 8.42 Å². The quantitative estimate of drug-likeness (QED) is 0.635. The van der Waals surface area contributed by atoms with E-state index < -0.39 is 10.0 Å². The number of likely N-dealkylation sites (N-methyl/N-ethyl adjacent to an activating group) is 1. The average molecular weight is 398 g/mol. The maximum atomic E-state index is 12.3. The van der Waals surface area contributed by atoms with Gasteiger partial charge in [-0.1, -0.05) is 13.8 Å². The van der Waals surface area contributed by atoms with E-state index in [0.717, 1.165) is 30.9 Å². The number of thiophene rings is 1. The molecule has 0 saturated heterocycles. The van der Waals surface area contributed by atoms with Crippen LogP contribution in [0, 0.1) is 0 Å². The maximum Gasteiger partial charge on any atom is 0.242 e. The molecule has 0 saturated carbocycles. The third kappa shape index (κ3) is 5.96. The summed E-state index contributed by atoms with van der Waals surface area (Å²) in [6.07, 6.45) is 1.07. The standard InChI is InChI=1S/C13H24BrN3O2S2/c1-4-7-17(5-2)8-6-16-21(18,19)12-9-11(10-15-3)20-13(12)14/h9,15-16H,4-8,10H2,1-3H3. The highest BCUT2D eigenvalue weighted by atomic mass is 79.9. The second kappa shape index (κ2) is 9.22. The first kappa shape index (κ1) is 19.1. The van der Waals surface area contributed by atoms with Crippen molar-refractivity contribution in [2.75, 3.05) is 33.2 Å². The van der Waals surface area contributed by atoms with E-state index in [4.69, 9.17) is 0 Å². The highest BCUT2D eigenvalue weighted by molar-refractivity contribution is 9.11. The molecular formula is C13H24BrN3O2S2. The van der Waals surface area contributed by atoms with Crippen LogP contribution in [0.2, 0.25) is 0 Å². The van der Waals surface area contributed by atoms with Crippen LogP contribution in [0.15, 0.2) is 14.7 Å². The van der Waals surface area contributed by atoms with E-state index in [0.29, 0.717) is 21.8 Å². The van der Waals surface area contributed by atoms with E-state index in [-0.39, 0.29) is 0 Å². The molecule has 0 aliphatic rings. The van der Waals surface area contributed by atoms with Gasteiger partial charge < -0.3 is 10.2 Å². The Balaban J connectivity index is 2.65. The Morgan fingerprint density at radius 3 is 2.62 bits per heavy atom. The second-order valence-corrected chi connectivity index (χ2v) is 8.90. The van der Waals surface area contributed by atoms with Crippen molar-refractivity contribution in [3.8, 4) is 0 Å². The zero-order valence-corrected chi connectivity index (χ0v) is 16.0. The van der Waals surface area contributed by atoms with Gasteiger partial charge in [0, 0.05) is 24.5 Å². The molecular weight excluding hydrogens is 374 g/mol. The van der Waals surface area contributed by atoms with Crippen LogP contribution in [0.3, 0.4) is 0 Å². The van der Waals surface area contributed by atoms with Crippen LogP contribution >= 0.6 is 27.3 Å². The lowest BCUT2D eigenvalue weighted by Gasteiger charge is -2.19. The van der Waals surface area contributed by atoms with Gasteiger partial charge in [-0.05, 0) is 48.6 Å². The number of hydrogen-bond donors (Lipinski definition) is 2. The lowest BCUT2D eigenvalue weighted by atomic mass is 10.4. The normalized spacial score (nSPS) is 12.2. The Kier molecular flexibility index (Phi) is 8.36. The Morgan fingerprint density at radius 1 is 1.33 bits per heavy atom. The minimum Gasteiger partial charge on any atom is -0.315 e. The van der Waals surface area contributed by atoms with Gasteiger partial charge in [0.2, 0.25) is 10.0 Å². The minimum atomic E-state index is -3.45. The van der Waals surface area contributed by atoms with Gasteiger partial charge in [-0.2, -0.15) is 0 Å². The molecule has 1 aromatic heterocycles. The molecule has 0 bridgehead atoms. The van der Waals surface area contributed by atoms with Crippen molar-refractivity contribution >= 4 is 37.3 Å². The average Bonchev–Trinajstić information content (AvgIpc) is 2.80. The molecule has 1 heterocycles. The molecule has 1 aromatic rings. The fourth-order valence-electron chi connectivity index (χ4n) is 2.00. The molecule has 122 valence electrons. The summed E-state index contributed by atoms with van der Waals surface area (Å²) >= 11 is 4.79. The summed E-state index contributed by atoms with van der Waals surface area (Å²) in [5.41, 5.74) is 0. The van der Waals surface area contributed by atoms with Crippen LogP contribution < -0.4 is 10.0 Å². The Labute approximate surface area is 140 Å². The molecule has 0 aliphatic heterocycles. The highest BCUT2D eigenvalue weighted by Crippen LogP contribution is 2.31. The third-order valence-corrected chi connectivity index (χ3v) is 6.77. The molecule has 0 spiro atoms. The fraction of sp³-hybridized carbons (Fsp3) is 0.692. The van der Waals surface area contributed by atoms with E-state index in [1.165, 1.54) is 11.3 Å². The molecule has 2 N–H and O–H groups in total. The summed E-state index contributed by atoms with van der Waals surface area (Å²) in [6, 6.07) is 1.72. The summed E-state index contributed by atoms with van der Waals surface area (Å²) < 4.78 is 28.0. The predicted octanol–water partition coefficient (Wildman–Crippen LogP) is 2.24. The molecule has 0 fully saturated rings. The predicted molar refractivity (Wildman–Crippen MR) is 92.4 cm³/mol. The van der Waals surface area contributed by atoms with Crippen LogP contribution in [-0.2, 0) is 16.6 Å². The monoisotopic (exact) mass is 397 g/mol. The minimum absolute atomic E-state index is 0.330. The molecule has 0 amide bonds. The zero-order chi connectivity index (χ0) is 15.9. The Bertz CT molecular complexity index is 532. The summed E-state index contributed by atoms with van der Waals surface area (Å²) in [5.74, 6) is 0. The van der Waals surface area contributed by atoms with Crippen LogP contribution in [0.4, 0.5) is 0 Å². The van der Waals surface area contributed by atoms with Crippen molar-refractivity contribution in [3.63, 3.8) is 0 Å². The van der Waals surface area contributed by atoms with Crippen molar-refractivity contribution in [2.45, 2.75) is 31.7 Å². The maximum absolute atomic E-state index is 12.3. The van der Waals surface area contributed by atoms with Gasteiger partial charge in [0.15, 0.2) is 0 Å². The Hall–Kier alpha value is 0.01000. The highest BCUT2D eigenvalue weighted by Gasteiger charge is 2.20. The second-order valence-electron chi connectivity index (χ2n) is 4.71. The number of nitrogens with one attached hydrogen (secondary N) is 2. The van der Waals surface area contributed by atoms with Crippen molar-refractivity contribution in [1.29, 1.82) is 0 Å². The molecule has 0 radical (unpaired) electrons. The van der Waals surface area contributed by atoms with E-state index in [1.807, 2.05) is 7.05 Å². The van der Waals surface area contributed by atoms with Gasteiger partial charge in [0.05, 0.1) is 3.79 Å². The van der Waals surface area contributed by atoms with Crippen molar-refractivity contribution in [1.82, 2.24) is 14.9 Å². The molecule has 0 atom stereocenters. The van der Waals surface area contributed by atoms with Gasteiger partial charge in [-0.15, -0.1) is 11.3 Å². The third-order valence-electron chi connectivity index (χ3n) is 3.05. The molecule has 5 nitrogen and oxygen atoms in total. The smallest absolute Gasteiger partial charge is 0.242 e. The summed E-state index contributed by atoms with van der Waals surface area (Å²) in [7, 11) is -1.61. The number of nitrogens with zero attached hydrogens (tertiary/aromatic N) is 1. The van der Waals surface area contributed by atoms with Crippen molar-refractivity contribution in [3.05, 3.63) is 14.7 Å². The number of halogens is 1. The van der Waals surface area contributed by atoms with E-state index in [2.05, 4.69) is 44.7 Å². The molecule has 0 aromatic carbocycles. The van der Waals surface area contributed by atoms with Crippen LogP contribution in [-0.4, -0.2) is 46.5 Å². The van der Waals surface area contributed by atoms with Crippen LogP contribution in [0.1, 0.15) is 25.1 Å². The number of sulfonamides is 1. The molecule has 0 aliphatic carbocycles. The van der Waals surface area contributed by atoms with E-state index >= 15 is 0 Å². The van der Waals surface area contributed by atoms with Gasteiger partial charge in [-0.25, -0.2) is 13.1 Å². The Morgan fingerprint density at radius 2 is 2.05 bits per heavy atom. The van der Waals surface area contributed by atoms with E-state index in [1.54, 1.807) is 6.07 Å². The fourth-order valence-corrected chi connectivity index (χ4v) is 5.72. The van der Waals surface area contributed by atoms with Gasteiger partial charge in [0.25, 0.3) is 0 Å². The summed E-state index contributed by atoms with van der Waals surface area (Å²) in [4.78, 5) is 3.56. The van der Waals surface area contributed by atoms with Crippen molar-refractivity contribution in [2.24, 2.45) is 0 Å². The lowest BCUT2D eigenvalue weighted by molar-refractivity contribution is 0.293. The lowest BCUT2D eigenvalue weighted by Crippen LogP contribution is -2.35. The summed E-state index contributed by atoms with van der Waals surface area (Å²) in [5, 5.41) is 3.02. The first-order valence-electron chi connectivity index (χ1n) is 7.09.